The number of fused-ring (bicyclic) bond motifs is 3. The normalized spacial score (nSPS) is 16.1. The molecule has 1 unspecified atom stereocenters. The summed E-state index contributed by atoms with van der Waals surface area (Å²) in [6.07, 6.45) is 2.74. The number of hydrogen-bond acceptors (Lipinski definition) is 2. The van der Waals surface area contributed by atoms with Gasteiger partial charge >= 0.3 is 0 Å². The second kappa shape index (κ2) is 7.51. The van der Waals surface area contributed by atoms with E-state index < -0.39 is 0 Å². The van der Waals surface area contributed by atoms with Crippen molar-refractivity contribution in [3.05, 3.63) is 63.3 Å². The van der Waals surface area contributed by atoms with E-state index in [1.54, 1.807) is 0 Å². The van der Waals surface area contributed by atoms with Crippen LogP contribution in [0.5, 0.6) is 5.75 Å². The molecular formula is C23H25ClN2O2. The fourth-order valence-electron chi connectivity index (χ4n) is 4.08. The quantitative estimate of drug-likeness (QED) is 0.665. The Morgan fingerprint density at radius 2 is 1.96 bits per heavy atom. The lowest BCUT2D eigenvalue weighted by atomic mass is 9.91. The minimum atomic E-state index is -0.0920. The van der Waals surface area contributed by atoms with Crippen LogP contribution in [0.3, 0.4) is 0 Å². The van der Waals surface area contributed by atoms with Gasteiger partial charge in [-0.2, -0.15) is 0 Å². The molecular weight excluding hydrogens is 372 g/mol. The van der Waals surface area contributed by atoms with E-state index in [4.69, 9.17) is 16.3 Å². The highest BCUT2D eigenvalue weighted by atomic mass is 35.5. The average Bonchev–Trinajstić information content (AvgIpc) is 3.01. The fourth-order valence-corrected chi connectivity index (χ4v) is 4.18. The molecule has 0 saturated heterocycles. The molecule has 28 heavy (non-hydrogen) atoms. The SMILES string of the molecule is Cc1ccc2[nH]c3c(c2c1)CCC(NC(=O)COc1cc(C)c(Cl)c(C)c1)C3. The third-order valence-corrected chi connectivity index (χ3v) is 6.08. The highest BCUT2D eigenvalue weighted by Gasteiger charge is 2.23. The van der Waals surface area contributed by atoms with Gasteiger partial charge < -0.3 is 15.0 Å². The molecule has 0 fully saturated rings. The van der Waals surface area contributed by atoms with Crippen LogP contribution in [-0.4, -0.2) is 23.5 Å². The molecule has 2 N–H and O–H groups in total. The van der Waals surface area contributed by atoms with Crippen LogP contribution in [0.25, 0.3) is 10.9 Å². The maximum absolute atomic E-state index is 12.4. The van der Waals surface area contributed by atoms with Crippen LogP contribution in [0.2, 0.25) is 5.02 Å². The summed E-state index contributed by atoms with van der Waals surface area (Å²) in [5.74, 6) is 0.581. The lowest BCUT2D eigenvalue weighted by molar-refractivity contribution is -0.123. The summed E-state index contributed by atoms with van der Waals surface area (Å²) in [4.78, 5) is 15.9. The zero-order valence-electron chi connectivity index (χ0n) is 16.5. The lowest BCUT2D eigenvalue weighted by Gasteiger charge is -2.23. The van der Waals surface area contributed by atoms with Crippen LogP contribution in [0.15, 0.2) is 30.3 Å². The number of carbonyl (C=O) groups is 1. The standard InChI is InChI=1S/C23H25ClN2O2/c1-13-4-7-20-19(8-13)18-6-5-16(11-21(18)26-20)25-22(27)12-28-17-9-14(2)23(24)15(3)10-17/h4,7-10,16,26H,5-6,11-12H2,1-3H3,(H,25,27). The van der Waals surface area contributed by atoms with Gasteiger partial charge in [0, 0.05) is 34.1 Å². The zero-order chi connectivity index (χ0) is 19.8. The molecule has 146 valence electrons. The van der Waals surface area contributed by atoms with Gasteiger partial charge in [-0.1, -0.05) is 23.2 Å². The van der Waals surface area contributed by atoms with E-state index in [0.717, 1.165) is 35.4 Å². The van der Waals surface area contributed by atoms with Crippen molar-refractivity contribution in [3.63, 3.8) is 0 Å². The Hall–Kier alpha value is -2.46. The number of benzene rings is 2. The largest absolute Gasteiger partial charge is 0.484 e. The molecule has 0 saturated carbocycles. The predicted molar refractivity (Wildman–Crippen MR) is 113 cm³/mol. The lowest BCUT2D eigenvalue weighted by Crippen LogP contribution is -2.41. The van der Waals surface area contributed by atoms with Gasteiger partial charge in [0.15, 0.2) is 6.61 Å². The fraction of sp³-hybridized carbons (Fsp3) is 0.348. The summed E-state index contributed by atoms with van der Waals surface area (Å²) in [6, 6.07) is 10.4. The maximum Gasteiger partial charge on any atom is 0.258 e. The molecule has 1 atom stereocenters. The van der Waals surface area contributed by atoms with Crippen molar-refractivity contribution in [1.82, 2.24) is 10.3 Å². The second-order valence-electron chi connectivity index (χ2n) is 7.80. The highest BCUT2D eigenvalue weighted by Crippen LogP contribution is 2.30. The third-order valence-electron chi connectivity index (χ3n) is 5.49. The molecule has 0 bridgehead atoms. The minimum absolute atomic E-state index is 0.00969. The molecule has 5 heteroatoms. The number of hydrogen-bond donors (Lipinski definition) is 2. The van der Waals surface area contributed by atoms with E-state index in [2.05, 4.69) is 35.4 Å². The van der Waals surface area contributed by atoms with Crippen molar-refractivity contribution in [1.29, 1.82) is 0 Å². The van der Waals surface area contributed by atoms with Gasteiger partial charge in [0.2, 0.25) is 0 Å². The Morgan fingerprint density at radius 3 is 2.71 bits per heavy atom. The molecule has 4 nitrogen and oxygen atoms in total. The summed E-state index contributed by atoms with van der Waals surface area (Å²) < 4.78 is 5.68. The summed E-state index contributed by atoms with van der Waals surface area (Å²) >= 11 is 6.18. The van der Waals surface area contributed by atoms with Crippen LogP contribution in [-0.2, 0) is 17.6 Å². The Balaban J connectivity index is 1.38. The molecule has 1 aliphatic carbocycles. The molecule has 2 aromatic carbocycles. The van der Waals surface area contributed by atoms with Crippen molar-refractivity contribution in [3.8, 4) is 5.75 Å². The van der Waals surface area contributed by atoms with Crippen LogP contribution < -0.4 is 10.1 Å². The van der Waals surface area contributed by atoms with Crippen LogP contribution in [0.1, 0.15) is 34.4 Å². The van der Waals surface area contributed by atoms with Gasteiger partial charge in [0.05, 0.1) is 0 Å². The van der Waals surface area contributed by atoms with Gasteiger partial charge in [-0.15, -0.1) is 0 Å². The number of ether oxygens (including phenoxy) is 1. The molecule has 3 aromatic rings. The van der Waals surface area contributed by atoms with Crippen molar-refractivity contribution >= 4 is 28.4 Å². The van der Waals surface area contributed by atoms with E-state index >= 15 is 0 Å². The molecule has 1 heterocycles. The first-order chi connectivity index (χ1) is 13.4. The Kier molecular flexibility index (Phi) is 5.07. The van der Waals surface area contributed by atoms with Gasteiger partial charge in [-0.25, -0.2) is 0 Å². The first kappa shape index (κ1) is 18.9. The summed E-state index contributed by atoms with van der Waals surface area (Å²) in [7, 11) is 0. The van der Waals surface area contributed by atoms with Gasteiger partial charge in [0.1, 0.15) is 5.75 Å². The monoisotopic (exact) mass is 396 g/mol. The number of halogens is 1. The number of rotatable bonds is 4. The number of aromatic nitrogens is 1. The number of nitrogens with one attached hydrogen (secondary N) is 2. The van der Waals surface area contributed by atoms with Gasteiger partial charge in [-0.05, 0) is 74.6 Å². The summed E-state index contributed by atoms with van der Waals surface area (Å²) in [5, 5.41) is 5.17. The Bertz CT molecular complexity index is 1030. The minimum Gasteiger partial charge on any atom is -0.484 e. The van der Waals surface area contributed by atoms with Crippen molar-refractivity contribution in [2.45, 2.75) is 46.1 Å². The number of aryl methyl sites for hydroxylation is 4. The smallest absolute Gasteiger partial charge is 0.258 e. The molecule has 1 aliphatic rings. The van der Waals surface area contributed by atoms with E-state index in [0.29, 0.717) is 5.75 Å². The predicted octanol–water partition coefficient (Wildman–Crippen LogP) is 4.80. The summed E-state index contributed by atoms with van der Waals surface area (Å²) in [5.41, 5.74) is 6.99. The van der Waals surface area contributed by atoms with E-state index in [-0.39, 0.29) is 18.6 Å². The van der Waals surface area contributed by atoms with E-state index in [1.165, 1.54) is 27.7 Å². The Morgan fingerprint density at radius 1 is 1.21 bits per heavy atom. The number of carbonyl (C=O) groups excluding carboxylic acids is 1. The first-order valence-corrected chi connectivity index (χ1v) is 10.1. The van der Waals surface area contributed by atoms with Crippen LogP contribution >= 0.6 is 11.6 Å². The van der Waals surface area contributed by atoms with Gasteiger partial charge in [-0.3, -0.25) is 4.79 Å². The van der Waals surface area contributed by atoms with E-state index in [1.807, 2.05) is 26.0 Å². The van der Waals surface area contributed by atoms with Crippen LogP contribution in [0, 0.1) is 20.8 Å². The average molecular weight is 397 g/mol. The van der Waals surface area contributed by atoms with Gasteiger partial charge in [0.25, 0.3) is 5.91 Å². The first-order valence-electron chi connectivity index (χ1n) is 9.69. The number of H-pyrrole nitrogens is 1. The second-order valence-corrected chi connectivity index (χ2v) is 8.18. The van der Waals surface area contributed by atoms with Crippen molar-refractivity contribution < 1.29 is 9.53 Å². The topological polar surface area (TPSA) is 54.1 Å². The van der Waals surface area contributed by atoms with E-state index in [9.17, 15) is 4.79 Å². The van der Waals surface area contributed by atoms with Crippen LogP contribution in [0.4, 0.5) is 0 Å². The molecule has 0 radical (unpaired) electrons. The third kappa shape index (κ3) is 3.74. The maximum atomic E-state index is 12.4. The zero-order valence-corrected chi connectivity index (χ0v) is 17.2. The summed E-state index contributed by atoms with van der Waals surface area (Å²) in [6.45, 7) is 6.00. The number of aromatic amines is 1. The Labute approximate surface area is 170 Å². The molecule has 1 aromatic heterocycles. The molecule has 1 amide bonds. The highest BCUT2D eigenvalue weighted by molar-refractivity contribution is 6.32. The molecule has 4 rings (SSSR count). The van der Waals surface area contributed by atoms with Crippen molar-refractivity contribution in [2.75, 3.05) is 6.61 Å². The number of amides is 1. The molecule has 0 aliphatic heterocycles. The molecule has 0 spiro atoms. The van der Waals surface area contributed by atoms with Crippen molar-refractivity contribution in [2.24, 2.45) is 0 Å².